The van der Waals surface area contributed by atoms with Gasteiger partial charge in [-0.25, -0.2) is 4.79 Å². The van der Waals surface area contributed by atoms with Crippen LogP contribution in [0, 0.1) is 6.92 Å². The minimum Gasteiger partial charge on any atom is -0.462 e. The van der Waals surface area contributed by atoms with E-state index in [1.54, 1.807) is 6.92 Å². The molecule has 33 heavy (non-hydrogen) atoms. The van der Waals surface area contributed by atoms with E-state index < -0.39 is 11.9 Å². The summed E-state index contributed by atoms with van der Waals surface area (Å²) < 4.78 is 5.34. The quantitative estimate of drug-likeness (QED) is 0.317. The summed E-state index contributed by atoms with van der Waals surface area (Å²) >= 11 is 1.33. The fourth-order valence-electron chi connectivity index (χ4n) is 3.77. The number of benzene rings is 3. The first-order chi connectivity index (χ1) is 16.1. The number of amides is 1. The van der Waals surface area contributed by atoms with Gasteiger partial charge < -0.3 is 10.1 Å². The maximum Gasteiger partial charge on any atom is 0.341 e. The molecule has 0 saturated heterocycles. The summed E-state index contributed by atoms with van der Waals surface area (Å²) in [7, 11) is 0. The molecule has 4 nitrogen and oxygen atoms in total. The van der Waals surface area contributed by atoms with Gasteiger partial charge in [0.05, 0.1) is 12.5 Å². The van der Waals surface area contributed by atoms with Crippen molar-refractivity contribution < 1.29 is 14.3 Å². The molecule has 1 aromatic heterocycles. The second kappa shape index (κ2) is 10.3. The molecule has 0 atom stereocenters. The molecule has 0 unspecified atom stereocenters. The summed E-state index contributed by atoms with van der Waals surface area (Å²) in [5.74, 6) is -1.15. The first kappa shape index (κ1) is 22.5. The average Bonchev–Trinajstić information content (AvgIpc) is 3.25. The Bertz CT molecular complexity index is 1190. The van der Waals surface area contributed by atoms with Crippen LogP contribution in [0.2, 0.25) is 0 Å². The van der Waals surface area contributed by atoms with Gasteiger partial charge in [0, 0.05) is 10.9 Å². The Kier molecular flexibility index (Phi) is 7.01. The first-order valence-electron chi connectivity index (χ1n) is 10.8. The summed E-state index contributed by atoms with van der Waals surface area (Å²) in [6.07, 6.45) is 0. The van der Waals surface area contributed by atoms with Crippen LogP contribution in [0.4, 0.5) is 5.00 Å². The van der Waals surface area contributed by atoms with E-state index in [4.69, 9.17) is 4.74 Å². The zero-order valence-electron chi connectivity index (χ0n) is 18.6. The Hall–Kier alpha value is -3.70. The van der Waals surface area contributed by atoms with E-state index in [0.29, 0.717) is 10.6 Å². The third-order valence-corrected chi connectivity index (χ3v) is 6.29. The molecule has 166 valence electrons. The van der Waals surface area contributed by atoms with Crippen molar-refractivity contribution in [1.29, 1.82) is 0 Å². The van der Waals surface area contributed by atoms with E-state index in [0.717, 1.165) is 27.8 Å². The zero-order chi connectivity index (χ0) is 23.2. The minimum absolute atomic E-state index is 0.199. The van der Waals surface area contributed by atoms with Gasteiger partial charge in [-0.1, -0.05) is 90.5 Å². The summed E-state index contributed by atoms with van der Waals surface area (Å²) in [4.78, 5) is 26.5. The van der Waals surface area contributed by atoms with E-state index in [2.05, 4.69) is 5.32 Å². The summed E-state index contributed by atoms with van der Waals surface area (Å²) in [6.45, 7) is 4.05. The predicted molar refractivity (Wildman–Crippen MR) is 134 cm³/mol. The molecule has 0 aliphatic heterocycles. The second-order valence-corrected chi connectivity index (χ2v) is 8.56. The van der Waals surface area contributed by atoms with Gasteiger partial charge in [-0.05, 0) is 30.5 Å². The van der Waals surface area contributed by atoms with Crippen LogP contribution in [0.15, 0.2) is 90.3 Å². The molecule has 1 heterocycles. The number of carbonyl (C=O) groups excluding carboxylic acids is 2. The van der Waals surface area contributed by atoms with Gasteiger partial charge in [0.2, 0.25) is 5.91 Å². The van der Waals surface area contributed by atoms with E-state index >= 15 is 0 Å². The number of thiophene rings is 1. The largest absolute Gasteiger partial charge is 0.462 e. The third-order valence-electron chi connectivity index (χ3n) is 5.40. The van der Waals surface area contributed by atoms with E-state index in [1.807, 2.05) is 97.2 Å². The van der Waals surface area contributed by atoms with E-state index in [-0.39, 0.29) is 12.5 Å². The zero-order valence-corrected chi connectivity index (χ0v) is 19.4. The molecule has 3 aromatic carbocycles. The molecule has 0 saturated carbocycles. The van der Waals surface area contributed by atoms with Crippen molar-refractivity contribution in [2.24, 2.45) is 0 Å². The van der Waals surface area contributed by atoms with Crippen molar-refractivity contribution >= 4 is 28.2 Å². The molecule has 0 aliphatic rings. The third kappa shape index (κ3) is 5.04. The molecule has 1 N–H and O–H groups in total. The molecule has 0 fully saturated rings. The predicted octanol–water partition coefficient (Wildman–Crippen LogP) is 6.67. The van der Waals surface area contributed by atoms with E-state index in [1.165, 1.54) is 11.3 Å². The van der Waals surface area contributed by atoms with Crippen molar-refractivity contribution in [3.8, 4) is 11.1 Å². The lowest BCUT2D eigenvalue weighted by atomic mass is 9.90. The summed E-state index contributed by atoms with van der Waals surface area (Å²) in [6, 6.07) is 27.2. The van der Waals surface area contributed by atoms with E-state index in [9.17, 15) is 9.59 Å². The van der Waals surface area contributed by atoms with Gasteiger partial charge in [-0.3, -0.25) is 4.79 Å². The number of aryl methyl sites for hydroxylation is 1. The number of nitrogens with one attached hydrogen (secondary N) is 1. The van der Waals surface area contributed by atoms with Gasteiger partial charge in [0.25, 0.3) is 0 Å². The van der Waals surface area contributed by atoms with Crippen LogP contribution in [0.1, 0.15) is 39.9 Å². The van der Waals surface area contributed by atoms with Crippen LogP contribution in [0.3, 0.4) is 0 Å². The highest BCUT2D eigenvalue weighted by Crippen LogP contribution is 2.37. The van der Waals surface area contributed by atoms with Crippen molar-refractivity contribution in [3.63, 3.8) is 0 Å². The molecule has 1 amide bonds. The fourth-order valence-corrected chi connectivity index (χ4v) is 4.73. The molecular formula is C28H25NO3S. The normalized spacial score (nSPS) is 10.8. The molecule has 0 aliphatic carbocycles. The molecule has 4 aromatic rings. The highest BCUT2D eigenvalue weighted by molar-refractivity contribution is 7.15. The van der Waals surface area contributed by atoms with Gasteiger partial charge >= 0.3 is 5.97 Å². The standard InChI is InChI=1S/C28H25NO3S/c1-3-32-28(31)25-23(20-16-14-19(2)15-17-20)18-33-27(25)29-26(30)24(21-10-6-4-7-11-21)22-12-8-5-9-13-22/h4-18,24H,3H2,1-2H3,(H,29,30). The van der Waals surface area contributed by atoms with Crippen molar-refractivity contribution in [2.75, 3.05) is 11.9 Å². The Morgan fingerprint density at radius 2 is 1.45 bits per heavy atom. The molecule has 5 heteroatoms. The van der Waals surface area contributed by atoms with Crippen LogP contribution in [-0.4, -0.2) is 18.5 Å². The van der Waals surface area contributed by atoms with Crippen LogP contribution in [0.25, 0.3) is 11.1 Å². The number of hydrogen-bond donors (Lipinski definition) is 1. The average molecular weight is 456 g/mol. The smallest absolute Gasteiger partial charge is 0.341 e. The van der Waals surface area contributed by atoms with Crippen molar-refractivity contribution in [2.45, 2.75) is 19.8 Å². The lowest BCUT2D eigenvalue weighted by Gasteiger charge is -2.18. The number of carbonyl (C=O) groups is 2. The van der Waals surface area contributed by atoms with Crippen molar-refractivity contribution in [1.82, 2.24) is 0 Å². The molecule has 0 radical (unpaired) electrons. The number of esters is 1. The van der Waals surface area contributed by atoms with Gasteiger partial charge in [0.15, 0.2) is 0 Å². The molecular weight excluding hydrogens is 430 g/mol. The van der Waals surface area contributed by atoms with Crippen LogP contribution in [0.5, 0.6) is 0 Å². The Balaban J connectivity index is 1.73. The Labute approximate surface area is 197 Å². The second-order valence-electron chi connectivity index (χ2n) is 7.68. The maximum absolute atomic E-state index is 13.6. The minimum atomic E-state index is -0.507. The SMILES string of the molecule is CCOC(=O)c1c(-c2ccc(C)cc2)csc1NC(=O)C(c1ccccc1)c1ccccc1. The molecule has 4 rings (SSSR count). The number of rotatable bonds is 7. The van der Waals surface area contributed by atoms with Gasteiger partial charge in [-0.2, -0.15) is 0 Å². The van der Waals surface area contributed by atoms with Crippen LogP contribution < -0.4 is 5.32 Å². The van der Waals surface area contributed by atoms with Crippen LogP contribution in [-0.2, 0) is 9.53 Å². The summed E-state index contributed by atoms with van der Waals surface area (Å²) in [5.41, 5.74) is 4.95. The molecule has 0 bridgehead atoms. The summed E-state index contributed by atoms with van der Waals surface area (Å²) in [5, 5.41) is 5.41. The highest BCUT2D eigenvalue weighted by atomic mass is 32.1. The lowest BCUT2D eigenvalue weighted by molar-refractivity contribution is -0.116. The Morgan fingerprint density at radius 1 is 0.879 bits per heavy atom. The molecule has 0 spiro atoms. The van der Waals surface area contributed by atoms with Crippen LogP contribution >= 0.6 is 11.3 Å². The maximum atomic E-state index is 13.6. The van der Waals surface area contributed by atoms with Crippen molar-refractivity contribution in [3.05, 3.63) is 113 Å². The first-order valence-corrected chi connectivity index (χ1v) is 11.7. The lowest BCUT2D eigenvalue weighted by Crippen LogP contribution is -2.23. The number of anilines is 1. The Morgan fingerprint density at radius 3 is 2.00 bits per heavy atom. The van der Waals surface area contributed by atoms with Gasteiger partial charge in [0.1, 0.15) is 10.6 Å². The monoisotopic (exact) mass is 455 g/mol. The number of hydrogen-bond acceptors (Lipinski definition) is 4. The fraction of sp³-hybridized carbons (Fsp3) is 0.143. The highest BCUT2D eigenvalue weighted by Gasteiger charge is 2.27. The number of ether oxygens (including phenoxy) is 1. The van der Waals surface area contributed by atoms with Gasteiger partial charge in [-0.15, -0.1) is 11.3 Å². The topological polar surface area (TPSA) is 55.4 Å².